The van der Waals surface area contributed by atoms with Crippen molar-refractivity contribution in [3.63, 3.8) is 0 Å². The number of nitrogens with one attached hydrogen (secondary N) is 1. The zero-order valence-corrected chi connectivity index (χ0v) is 10.2. The molecule has 5 heteroatoms. The van der Waals surface area contributed by atoms with E-state index >= 15 is 0 Å². The molecule has 0 amide bonds. The SMILES string of the molecule is Cn1nccc1C1NCCOC12CCCOC2. The minimum absolute atomic E-state index is 0.184. The summed E-state index contributed by atoms with van der Waals surface area (Å²) in [6, 6.07) is 2.24. The molecular weight excluding hydrogens is 218 g/mol. The van der Waals surface area contributed by atoms with Gasteiger partial charge in [0.2, 0.25) is 0 Å². The van der Waals surface area contributed by atoms with E-state index in [1.807, 2.05) is 17.9 Å². The number of morpholine rings is 1. The summed E-state index contributed by atoms with van der Waals surface area (Å²) in [6.07, 6.45) is 3.95. The van der Waals surface area contributed by atoms with E-state index in [2.05, 4.69) is 16.5 Å². The lowest BCUT2D eigenvalue weighted by atomic mass is 9.85. The molecule has 0 aromatic carbocycles. The Labute approximate surface area is 101 Å². The van der Waals surface area contributed by atoms with E-state index in [4.69, 9.17) is 9.47 Å². The Balaban J connectivity index is 1.92. The van der Waals surface area contributed by atoms with Crippen LogP contribution in [0.5, 0.6) is 0 Å². The quantitative estimate of drug-likeness (QED) is 0.778. The Hall–Kier alpha value is -0.910. The van der Waals surface area contributed by atoms with Crippen LogP contribution in [-0.4, -0.2) is 41.7 Å². The van der Waals surface area contributed by atoms with Crippen LogP contribution in [0.2, 0.25) is 0 Å². The summed E-state index contributed by atoms with van der Waals surface area (Å²) >= 11 is 0. The molecule has 2 aliphatic rings. The number of hydrogen-bond acceptors (Lipinski definition) is 4. The minimum Gasteiger partial charge on any atom is -0.378 e. The number of ether oxygens (including phenoxy) is 2. The van der Waals surface area contributed by atoms with Gasteiger partial charge >= 0.3 is 0 Å². The summed E-state index contributed by atoms with van der Waals surface area (Å²) in [6.45, 7) is 3.17. The maximum atomic E-state index is 6.07. The third-order valence-corrected chi connectivity index (χ3v) is 3.76. The van der Waals surface area contributed by atoms with Gasteiger partial charge in [-0.25, -0.2) is 0 Å². The lowest BCUT2D eigenvalue weighted by Gasteiger charge is -2.46. The van der Waals surface area contributed by atoms with Gasteiger partial charge in [-0.3, -0.25) is 4.68 Å². The van der Waals surface area contributed by atoms with E-state index < -0.39 is 0 Å². The Morgan fingerprint density at radius 1 is 1.53 bits per heavy atom. The highest BCUT2D eigenvalue weighted by atomic mass is 16.5. The van der Waals surface area contributed by atoms with Gasteiger partial charge in [0.25, 0.3) is 0 Å². The molecular formula is C12H19N3O2. The molecule has 1 aromatic rings. The van der Waals surface area contributed by atoms with Gasteiger partial charge in [0, 0.05) is 26.4 Å². The van der Waals surface area contributed by atoms with Gasteiger partial charge in [-0.05, 0) is 18.9 Å². The van der Waals surface area contributed by atoms with Crippen molar-refractivity contribution < 1.29 is 9.47 Å². The van der Waals surface area contributed by atoms with Crippen LogP contribution in [0.3, 0.4) is 0 Å². The lowest BCUT2D eigenvalue weighted by molar-refractivity contribution is -0.166. The third-order valence-electron chi connectivity index (χ3n) is 3.76. The maximum absolute atomic E-state index is 6.07. The van der Waals surface area contributed by atoms with Crippen LogP contribution in [0.15, 0.2) is 12.3 Å². The first kappa shape index (κ1) is 11.2. The molecule has 2 saturated heterocycles. The van der Waals surface area contributed by atoms with Crippen molar-refractivity contribution in [3.8, 4) is 0 Å². The van der Waals surface area contributed by atoms with Crippen molar-refractivity contribution in [3.05, 3.63) is 18.0 Å². The van der Waals surface area contributed by atoms with Gasteiger partial charge in [0.15, 0.2) is 0 Å². The summed E-state index contributed by atoms with van der Waals surface area (Å²) in [5, 5.41) is 7.81. The van der Waals surface area contributed by atoms with Crippen molar-refractivity contribution in [2.45, 2.75) is 24.5 Å². The summed E-state index contributed by atoms with van der Waals surface area (Å²) in [7, 11) is 1.98. The average Bonchev–Trinajstić information content (AvgIpc) is 2.77. The zero-order valence-electron chi connectivity index (χ0n) is 10.2. The molecule has 2 fully saturated rings. The van der Waals surface area contributed by atoms with Crippen molar-refractivity contribution in [1.82, 2.24) is 15.1 Å². The molecule has 5 nitrogen and oxygen atoms in total. The third kappa shape index (κ3) is 1.88. The molecule has 0 saturated carbocycles. The fraction of sp³-hybridized carbons (Fsp3) is 0.750. The normalized spacial score (nSPS) is 34.1. The van der Waals surface area contributed by atoms with Crippen LogP contribution >= 0.6 is 0 Å². The number of hydrogen-bond donors (Lipinski definition) is 1. The summed E-state index contributed by atoms with van der Waals surface area (Å²) in [5.74, 6) is 0. The standard InChI is InChI=1S/C12H19N3O2/c1-15-10(3-5-14-15)11-12(17-8-6-13-11)4-2-7-16-9-12/h3,5,11,13H,2,4,6-9H2,1H3. The van der Waals surface area contributed by atoms with Crippen LogP contribution in [0.25, 0.3) is 0 Å². The highest BCUT2D eigenvalue weighted by Crippen LogP contribution is 2.37. The van der Waals surface area contributed by atoms with Gasteiger partial charge in [-0.1, -0.05) is 0 Å². The predicted octanol–water partition coefficient (Wildman–Crippen LogP) is 0.630. The van der Waals surface area contributed by atoms with Gasteiger partial charge in [-0.15, -0.1) is 0 Å². The predicted molar refractivity (Wildman–Crippen MR) is 62.7 cm³/mol. The molecule has 2 unspecified atom stereocenters. The monoisotopic (exact) mass is 237 g/mol. The first-order valence-electron chi connectivity index (χ1n) is 6.25. The fourth-order valence-corrected chi connectivity index (χ4v) is 2.90. The highest BCUT2D eigenvalue weighted by Gasteiger charge is 2.45. The van der Waals surface area contributed by atoms with Crippen LogP contribution in [0, 0.1) is 0 Å². The molecule has 1 aromatic heterocycles. The molecule has 17 heavy (non-hydrogen) atoms. The van der Waals surface area contributed by atoms with Crippen molar-refractivity contribution in [2.24, 2.45) is 7.05 Å². The lowest BCUT2D eigenvalue weighted by Crippen LogP contribution is -2.56. The van der Waals surface area contributed by atoms with Crippen LogP contribution in [0.4, 0.5) is 0 Å². The van der Waals surface area contributed by atoms with Crippen LogP contribution in [0.1, 0.15) is 24.6 Å². The Kier molecular flexibility index (Phi) is 2.90. The number of nitrogens with zero attached hydrogens (tertiary/aromatic N) is 2. The first-order chi connectivity index (χ1) is 8.32. The molecule has 1 spiro atoms. The van der Waals surface area contributed by atoms with Gasteiger partial charge in [-0.2, -0.15) is 5.10 Å². The summed E-state index contributed by atoms with van der Waals surface area (Å²) < 4.78 is 13.6. The van der Waals surface area contributed by atoms with Crippen molar-refractivity contribution in [1.29, 1.82) is 0 Å². The number of rotatable bonds is 1. The number of aromatic nitrogens is 2. The first-order valence-corrected chi connectivity index (χ1v) is 6.25. The Morgan fingerprint density at radius 3 is 3.18 bits per heavy atom. The second kappa shape index (κ2) is 4.40. The van der Waals surface area contributed by atoms with E-state index in [1.54, 1.807) is 0 Å². The molecule has 3 rings (SSSR count). The highest BCUT2D eigenvalue weighted by molar-refractivity contribution is 5.15. The molecule has 2 atom stereocenters. The molecule has 0 aliphatic carbocycles. The smallest absolute Gasteiger partial charge is 0.112 e. The van der Waals surface area contributed by atoms with Crippen molar-refractivity contribution >= 4 is 0 Å². The largest absolute Gasteiger partial charge is 0.378 e. The second-order valence-electron chi connectivity index (χ2n) is 4.84. The summed E-state index contributed by atoms with van der Waals surface area (Å²) in [5.41, 5.74) is 0.972. The molecule has 3 heterocycles. The molecule has 2 aliphatic heterocycles. The van der Waals surface area contributed by atoms with E-state index in [-0.39, 0.29) is 11.6 Å². The summed E-state index contributed by atoms with van der Waals surface area (Å²) in [4.78, 5) is 0. The molecule has 0 radical (unpaired) electrons. The fourth-order valence-electron chi connectivity index (χ4n) is 2.90. The van der Waals surface area contributed by atoms with Crippen LogP contribution in [-0.2, 0) is 16.5 Å². The van der Waals surface area contributed by atoms with Crippen LogP contribution < -0.4 is 5.32 Å². The number of aryl methyl sites for hydroxylation is 1. The van der Waals surface area contributed by atoms with Gasteiger partial charge < -0.3 is 14.8 Å². The maximum Gasteiger partial charge on any atom is 0.112 e. The van der Waals surface area contributed by atoms with Gasteiger partial charge in [0.1, 0.15) is 5.60 Å². The Morgan fingerprint density at radius 2 is 2.47 bits per heavy atom. The average molecular weight is 237 g/mol. The topological polar surface area (TPSA) is 48.3 Å². The van der Waals surface area contributed by atoms with E-state index in [0.717, 1.165) is 32.6 Å². The van der Waals surface area contributed by atoms with Crippen molar-refractivity contribution in [2.75, 3.05) is 26.4 Å². The zero-order chi connectivity index (χ0) is 11.7. The Bertz CT molecular complexity index is 377. The molecule has 1 N–H and O–H groups in total. The minimum atomic E-state index is -0.204. The second-order valence-corrected chi connectivity index (χ2v) is 4.84. The van der Waals surface area contributed by atoms with E-state index in [0.29, 0.717) is 6.61 Å². The molecule has 94 valence electrons. The molecule has 0 bridgehead atoms. The van der Waals surface area contributed by atoms with Gasteiger partial charge in [0.05, 0.1) is 24.9 Å². The van der Waals surface area contributed by atoms with E-state index in [9.17, 15) is 0 Å². The van der Waals surface area contributed by atoms with E-state index in [1.165, 1.54) is 5.69 Å².